The number of benzene rings is 2. The second kappa shape index (κ2) is 8.05. The van der Waals surface area contributed by atoms with Crippen molar-refractivity contribution in [2.24, 2.45) is 0 Å². The number of carboxylic acid groups (broad SMARTS) is 1. The zero-order valence-corrected chi connectivity index (χ0v) is 15.8. The van der Waals surface area contributed by atoms with Gasteiger partial charge < -0.3 is 14.7 Å². The van der Waals surface area contributed by atoms with Crippen molar-refractivity contribution in [1.29, 1.82) is 0 Å². The van der Waals surface area contributed by atoms with Crippen LogP contribution in [0.1, 0.15) is 18.1 Å². The summed E-state index contributed by atoms with van der Waals surface area (Å²) in [4.78, 5) is 25.9. The molecule has 1 amide bonds. The number of thiophene rings is 1. The number of carbonyl (C=O) groups is 2. The topological polar surface area (TPSA) is 66.8 Å². The summed E-state index contributed by atoms with van der Waals surface area (Å²) in [5.74, 6) is -0.189. The fraction of sp³-hybridized carbons (Fsp3) is 0.143. The standard InChI is InChI=1S/C21H19NO4S/c1-14-8-6-7-11-17(14)13-22(15(2)23)18-12-19(16-9-4-3-5-10-16)27-20(18)26-21(24)25/h3-12H,13H2,1-2H3,(H,24,25). The first-order chi connectivity index (χ1) is 13.0. The van der Waals surface area contributed by atoms with Gasteiger partial charge >= 0.3 is 6.16 Å². The minimum atomic E-state index is -1.41. The smallest absolute Gasteiger partial charge is 0.449 e. The lowest BCUT2D eigenvalue weighted by Gasteiger charge is -2.22. The number of hydrogen-bond donors (Lipinski definition) is 1. The Morgan fingerprint density at radius 3 is 2.37 bits per heavy atom. The average molecular weight is 381 g/mol. The summed E-state index contributed by atoms with van der Waals surface area (Å²) in [5.41, 5.74) is 3.43. The van der Waals surface area contributed by atoms with E-state index in [0.717, 1.165) is 21.6 Å². The summed E-state index contributed by atoms with van der Waals surface area (Å²) in [6.07, 6.45) is -1.41. The van der Waals surface area contributed by atoms with Gasteiger partial charge in [0.25, 0.3) is 0 Å². The molecule has 0 bridgehead atoms. The largest absolute Gasteiger partial charge is 0.512 e. The minimum absolute atomic E-state index is 0.185. The molecule has 0 aliphatic rings. The fourth-order valence-electron chi connectivity index (χ4n) is 2.77. The van der Waals surface area contributed by atoms with Crippen LogP contribution in [-0.2, 0) is 11.3 Å². The van der Waals surface area contributed by atoms with E-state index in [9.17, 15) is 9.59 Å². The maximum Gasteiger partial charge on any atom is 0.512 e. The van der Waals surface area contributed by atoms with Gasteiger partial charge in [0.2, 0.25) is 11.0 Å². The molecule has 6 heteroatoms. The molecule has 0 fully saturated rings. The van der Waals surface area contributed by atoms with Crippen molar-refractivity contribution >= 4 is 29.1 Å². The zero-order valence-electron chi connectivity index (χ0n) is 15.0. The second-order valence-electron chi connectivity index (χ2n) is 6.05. The summed E-state index contributed by atoms with van der Waals surface area (Å²) in [7, 11) is 0. The molecule has 0 aliphatic carbocycles. The fourth-order valence-corrected chi connectivity index (χ4v) is 3.78. The van der Waals surface area contributed by atoms with E-state index in [1.165, 1.54) is 18.3 Å². The van der Waals surface area contributed by atoms with Crippen LogP contribution in [0.4, 0.5) is 10.5 Å². The summed E-state index contributed by atoms with van der Waals surface area (Å²) in [5, 5.41) is 9.29. The molecule has 0 atom stereocenters. The Morgan fingerprint density at radius 2 is 1.74 bits per heavy atom. The lowest BCUT2D eigenvalue weighted by molar-refractivity contribution is -0.116. The van der Waals surface area contributed by atoms with Gasteiger partial charge in [-0.1, -0.05) is 65.9 Å². The third-order valence-corrected chi connectivity index (χ3v) is 5.23. The van der Waals surface area contributed by atoms with Crippen LogP contribution in [0, 0.1) is 6.92 Å². The number of carbonyl (C=O) groups excluding carboxylic acids is 1. The van der Waals surface area contributed by atoms with E-state index in [-0.39, 0.29) is 11.0 Å². The van der Waals surface area contributed by atoms with Crippen molar-refractivity contribution in [2.45, 2.75) is 20.4 Å². The van der Waals surface area contributed by atoms with Gasteiger partial charge in [-0.2, -0.15) is 0 Å². The van der Waals surface area contributed by atoms with E-state index in [1.807, 2.05) is 61.5 Å². The number of ether oxygens (including phenoxy) is 1. The van der Waals surface area contributed by atoms with Crippen LogP contribution in [-0.4, -0.2) is 17.2 Å². The number of aryl methyl sites for hydroxylation is 1. The quantitative estimate of drug-likeness (QED) is 0.606. The molecular weight excluding hydrogens is 362 g/mol. The SMILES string of the molecule is CC(=O)N(Cc1ccccc1C)c1cc(-c2ccccc2)sc1OC(=O)O. The zero-order chi connectivity index (χ0) is 19.4. The molecule has 1 aromatic heterocycles. The molecule has 3 rings (SSSR count). The van der Waals surface area contributed by atoms with E-state index in [2.05, 4.69) is 0 Å². The highest BCUT2D eigenvalue weighted by Gasteiger charge is 2.23. The normalized spacial score (nSPS) is 10.4. The van der Waals surface area contributed by atoms with E-state index < -0.39 is 6.16 Å². The van der Waals surface area contributed by atoms with Crippen LogP contribution >= 0.6 is 11.3 Å². The first kappa shape index (κ1) is 18.7. The maximum atomic E-state index is 12.4. The van der Waals surface area contributed by atoms with Gasteiger partial charge in [-0.15, -0.1) is 0 Å². The highest BCUT2D eigenvalue weighted by atomic mass is 32.1. The number of anilines is 1. The van der Waals surface area contributed by atoms with E-state index >= 15 is 0 Å². The molecule has 3 aromatic rings. The Kier molecular flexibility index (Phi) is 5.57. The molecule has 0 spiro atoms. The molecule has 0 aliphatic heterocycles. The summed E-state index contributed by atoms with van der Waals surface area (Å²) in [6, 6.07) is 19.2. The predicted molar refractivity (Wildman–Crippen MR) is 106 cm³/mol. The molecule has 138 valence electrons. The van der Waals surface area contributed by atoms with Gasteiger partial charge in [-0.25, -0.2) is 4.79 Å². The van der Waals surface area contributed by atoms with Gasteiger partial charge in [0.05, 0.1) is 12.2 Å². The number of amides is 1. The Labute approximate surface area is 161 Å². The summed E-state index contributed by atoms with van der Waals surface area (Å²) < 4.78 is 4.99. The first-order valence-electron chi connectivity index (χ1n) is 8.38. The third-order valence-electron chi connectivity index (χ3n) is 4.18. The van der Waals surface area contributed by atoms with Crippen LogP contribution in [0.2, 0.25) is 0 Å². The number of hydrogen-bond acceptors (Lipinski definition) is 4. The van der Waals surface area contributed by atoms with Gasteiger partial charge in [-0.3, -0.25) is 4.79 Å². The minimum Gasteiger partial charge on any atom is -0.449 e. The highest BCUT2D eigenvalue weighted by molar-refractivity contribution is 7.18. The van der Waals surface area contributed by atoms with Crippen molar-refractivity contribution in [2.75, 3.05) is 4.90 Å². The van der Waals surface area contributed by atoms with Crippen LogP contribution in [0.5, 0.6) is 5.06 Å². The number of rotatable bonds is 5. The molecule has 0 unspecified atom stereocenters. The van der Waals surface area contributed by atoms with Crippen molar-refractivity contribution in [1.82, 2.24) is 0 Å². The molecule has 27 heavy (non-hydrogen) atoms. The van der Waals surface area contributed by atoms with Crippen molar-refractivity contribution in [3.63, 3.8) is 0 Å². The highest BCUT2D eigenvalue weighted by Crippen LogP contribution is 2.43. The third kappa shape index (κ3) is 4.35. The predicted octanol–water partition coefficient (Wildman–Crippen LogP) is 5.33. The monoisotopic (exact) mass is 381 g/mol. The van der Waals surface area contributed by atoms with Gasteiger partial charge in [0.1, 0.15) is 0 Å². The number of nitrogens with zero attached hydrogens (tertiary/aromatic N) is 1. The van der Waals surface area contributed by atoms with Crippen molar-refractivity contribution in [3.8, 4) is 15.5 Å². The van der Waals surface area contributed by atoms with Gasteiger partial charge in [-0.05, 0) is 29.7 Å². The molecule has 5 nitrogen and oxygen atoms in total. The first-order valence-corrected chi connectivity index (χ1v) is 9.20. The lowest BCUT2D eigenvalue weighted by Crippen LogP contribution is -2.28. The van der Waals surface area contributed by atoms with Crippen molar-refractivity contribution in [3.05, 3.63) is 71.8 Å². The van der Waals surface area contributed by atoms with Crippen molar-refractivity contribution < 1.29 is 19.4 Å². The lowest BCUT2D eigenvalue weighted by atomic mass is 10.1. The van der Waals surface area contributed by atoms with Crippen LogP contribution < -0.4 is 9.64 Å². The second-order valence-corrected chi connectivity index (χ2v) is 7.06. The maximum absolute atomic E-state index is 12.4. The Bertz CT molecular complexity index is 965. The molecule has 0 saturated carbocycles. The molecule has 2 aromatic carbocycles. The average Bonchev–Trinajstić information content (AvgIpc) is 3.04. The van der Waals surface area contributed by atoms with Gasteiger partial charge in [0.15, 0.2) is 0 Å². The summed E-state index contributed by atoms with van der Waals surface area (Å²) in [6.45, 7) is 3.77. The molecular formula is C21H19NO4S. The van der Waals surface area contributed by atoms with E-state index in [4.69, 9.17) is 9.84 Å². The molecule has 0 saturated heterocycles. The van der Waals surface area contributed by atoms with Gasteiger partial charge in [0, 0.05) is 11.8 Å². The van der Waals surface area contributed by atoms with E-state index in [0.29, 0.717) is 12.2 Å². The Balaban J connectivity index is 2.05. The molecule has 0 radical (unpaired) electrons. The van der Waals surface area contributed by atoms with Crippen LogP contribution in [0.15, 0.2) is 60.7 Å². The van der Waals surface area contributed by atoms with Crippen LogP contribution in [0.3, 0.4) is 0 Å². The Morgan fingerprint density at radius 1 is 1.07 bits per heavy atom. The summed E-state index contributed by atoms with van der Waals surface area (Å²) >= 11 is 1.20. The van der Waals surface area contributed by atoms with Crippen LogP contribution in [0.25, 0.3) is 10.4 Å². The van der Waals surface area contributed by atoms with E-state index in [1.54, 1.807) is 11.0 Å². The Hall–Kier alpha value is -3.12. The molecule has 1 N–H and O–H groups in total. The molecule has 1 heterocycles.